The first kappa shape index (κ1) is 43.2. The first-order chi connectivity index (χ1) is 28.9. The summed E-state index contributed by atoms with van der Waals surface area (Å²) in [6.07, 6.45) is -6.27. The molecule has 1 saturated heterocycles. The lowest BCUT2D eigenvalue weighted by molar-refractivity contribution is -0.240. The molecule has 6 rings (SSSR count). The Balaban J connectivity index is 1.44. The predicted molar refractivity (Wildman–Crippen MR) is 203 cm³/mol. The summed E-state index contributed by atoms with van der Waals surface area (Å²) in [6.45, 7) is 4.68. The van der Waals surface area contributed by atoms with Crippen LogP contribution in [-0.2, 0) is 42.9 Å². The Hall–Kier alpha value is -7.42. The lowest BCUT2D eigenvalue weighted by Crippen LogP contribution is -2.55. The third-order valence-corrected chi connectivity index (χ3v) is 8.87. The summed E-state index contributed by atoms with van der Waals surface area (Å²) in [5.41, 5.74) is -2.52. The van der Waals surface area contributed by atoms with Gasteiger partial charge in [-0.3, -0.25) is 24.0 Å². The van der Waals surface area contributed by atoms with Crippen molar-refractivity contribution < 1.29 is 89.7 Å². The molecule has 21 nitrogen and oxygen atoms in total. The zero-order chi connectivity index (χ0) is 44.4. The number of benzene rings is 3. The summed E-state index contributed by atoms with van der Waals surface area (Å²) < 4.78 is 72.1. The highest BCUT2D eigenvalue weighted by Crippen LogP contribution is 2.47. The Morgan fingerprint density at radius 2 is 1.13 bits per heavy atom. The van der Waals surface area contributed by atoms with Crippen molar-refractivity contribution >= 4 is 68.5 Å². The average Bonchev–Trinajstić information content (AvgIpc) is 3.17. The van der Waals surface area contributed by atoms with Crippen molar-refractivity contribution in [2.75, 3.05) is 27.9 Å². The van der Waals surface area contributed by atoms with Crippen LogP contribution in [0.3, 0.4) is 0 Å². The molecule has 5 aromatic rings. The van der Waals surface area contributed by atoms with Gasteiger partial charge in [0.1, 0.15) is 18.8 Å². The van der Waals surface area contributed by atoms with Crippen molar-refractivity contribution in [3.63, 3.8) is 0 Å². The van der Waals surface area contributed by atoms with E-state index in [-0.39, 0.29) is 55.7 Å². The Morgan fingerprint density at radius 3 is 1.61 bits per heavy atom. The second-order valence-corrected chi connectivity index (χ2v) is 13.2. The molecule has 1 aliphatic heterocycles. The molecule has 3 aromatic carbocycles. The number of rotatable bonds is 13. The van der Waals surface area contributed by atoms with Crippen LogP contribution >= 0.6 is 0 Å². The van der Waals surface area contributed by atoms with Crippen LogP contribution in [0.1, 0.15) is 51.4 Å². The molecule has 3 heterocycles. The molecule has 21 heteroatoms. The fraction of sp³-hybridized carbons (Fsp3) is 0.350. The molecular weight excluding hydrogens is 816 g/mol. The van der Waals surface area contributed by atoms with E-state index in [4.69, 9.17) is 60.9 Å². The van der Waals surface area contributed by atoms with Gasteiger partial charge in [-0.15, -0.1) is 0 Å². The molecule has 0 bridgehead atoms. The molecule has 4 atom stereocenters. The van der Waals surface area contributed by atoms with Gasteiger partial charge >= 0.3 is 47.1 Å². The van der Waals surface area contributed by atoms with Crippen LogP contribution in [0.4, 0.5) is 0 Å². The third-order valence-electron chi connectivity index (χ3n) is 8.87. The highest BCUT2D eigenvalue weighted by atomic mass is 16.7. The van der Waals surface area contributed by atoms with Crippen molar-refractivity contribution in [3.05, 3.63) is 50.7 Å². The van der Waals surface area contributed by atoms with Crippen LogP contribution in [0.5, 0.6) is 40.2 Å². The van der Waals surface area contributed by atoms with Crippen LogP contribution in [0.25, 0.3) is 32.7 Å². The highest BCUT2D eigenvalue weighted by molar-refractivity contribution is 6.22. The summed E-state index contributed by atoms with van der Waals surface area (Å²) in [5, 5.41) is 0.142. The van der Waals surface area contributed by atoms with Crippen LogP contribution in [-0.4, -0.2) is 88.4 Å². The van der Waals surface area contributed by atoms with Gasteiger partial charge in [-0.2, -0.15) is 0 Å². The fourth-order valence-corrected chi connectivity index (χ4v) is 6.67. The molecule has 1 fully saturated rings. The zero-order valence-electron chi connectivity index (χ0n) is 33.6. The van der Waals surface area contributed by atoms with Crippen molar-refractivity contribution in [1.29, 1.82) is 0 Å². The molecule has 0 radical (unpaired) electrons. The van der Waals surface area contributed by atoms with Crippen LogP contribution in [0, 0.1) is 0 Å². The standard InChI is InChI=1S/C40H36O21/c1-15(41)52-14-28-33(56-19(5)45)27(59-38(46)20-9-24(53-16(2)42)32(55-18(4)44)25(10-20)54-17(3)43)13-29(58-28)57-26-12-22-31-30-21(39(47)61-37(31)35(26)51-8)11-23(49-6)34(50-7)36(30)60-40(22)48/h9-12,27-29,33H,13-14H2,1-8H3. The second-order valence-electron chi connectivity index (χ2n) is 13.2. The molecule has 0 saturated carbocycles. The van der Waals surface area contributed by atoms with Gasteiger partial charge < -0.3 is 60.9 Å². The van der Waals surface area contributed by atoms with Crippen molar-refractivity contribution in [2.45, 2.75) is 65.6 Å². The van der Waals surface area contributed by atoms with Crippen LogP contribution in [0.15, 0.2) is 42.7 Å². The highest BCUT2D eigenvalue weighted by Gasteiger charge is 2.46. The van der Waals surface area contributed by atoms with E-state index in [9.17, 15) is 38.4 Å². The van der Waals surface area contributed by atoms with E-state index in [1.807, 2.05) is 0 Å². The molecule has 0 spiro atoms. The number of carbonyl (C=O) groups is 6. The molecule has 0 aliphatic carbocycles. The Labute approximate surface area is 342 Å². The third kappa shape index (κ3) is 8.81. The van der Waals surface area contributed by atoms with Gasteiger partial charge in [0.15, 0.2) is 40.3 Å². The minimum absolute atomic E-state index is 0.00399. The minimum atomic E-state index is -1.49. The summed E-state index contributed by atoms with van der Waals surface area (Å²) in [6, 6.07) is 4.55. The maximum Gasteiger partial charge on any atom is 0.344 e. The van der Waals surface area contributed by atoms with Crippen molar-refractivity contribution in [3.8, 4) is 40.2 Å². The Bertz CT molecular complexity index is 2670. The Morgan fingerprint density at radius 1 is 0.607 bits per heavy atom. The molecular formula is C40H36O21. The van der Waals surface area contributed by atoms with E-state index in [0.29, 0.717) is 0 Å². The van der Waals surface area contributed by atoms with Gasteiger partial charge in [0.25, 0.3) is 0 Å². The maximum absolute atomic E-state index is 13.9. The first-order valence-corrected chi connectivity index (χ1v) is 18.0. The summed E-state index contributed by atoms with van der Waals surface area (Å²) >= 11 is 0. The predicted octanol–water partition coefficient (Wildman–Crippen LogP) is 3.51. The van der Waals surface area contributed by atoms with E-state index in [1.54, 1.807) is 0 Å². The minimum Gasteiger partial charge on any atom is -0.493 e. The maximum atomic E-state index is 13.9. The van der Waals surface area contributed by atoms with E-state index >= 15 is 0 Å². The van der Waals surface area contributed by atoms with Crippen molar-refractivity contribution in [2.24, 2.45) is 0 Å². The van der Waals surface area contributed by atoms with Gasteiger partial charge in [0.05, 0.1) is 44.1 Å². The lowest BCUT2D eigenvalue weighted by Gasteiger charge is -2.40. The molecule has 322 valence electrons. The van der Waals surface area contributed by atoms with Crippen LogP contribution in [0.2, 0.25) is 0 Å². The topological polar surface area (TPSA) is 264 Å². The van der Waals surface area contributed by atoms with Gasteiger partial charge in [-0.25, -0.2) is 14.4 Å². The second kappa shape index (κ2) is 17.4. The first-order valence-electron chi connectivity index (χ1n) is 18.0. The SMILES string of the molecule is COc1cc2c(=O)oc3c(OC)c(OC4CC(OC(=O)c5cc(OC(C)=O)c(OC(C)=O)c(OC(C)=O)c5)C(OC(C)=O)C(COC(C)=O)O4)cc4c(=O)oc(c1OC)c2c34. The molecule has 1 aliphatic rings. The molecule has 0 N–H and O–H groups in total. The number of hydrogen-bond donors (Lipinski definition) is 0. The quantitative estimate of drug-likeness (QED) is 0.0539. The number of ether oxygens (including phenoxy) is 11. The normalized spacial score (nSPS) is 17.3. The number of hydrogen-bond acceptors (Lipinski definition) is 21. The number of methoxy groups -OCH3 is 3. The van der Waals surface area contributed by atoms with Gasteiger partial charge in [-0.1, -0.05) is 0 Å². The van der Waals surface area contributed by atoms with E-state index in [2.05, 4.69) is 0 Å². The largest absolute Gasteiger partial charge is 0.493 e. The molecule has 4 unspecified atom stereocenters. The number of carbonyl (C=O) groups excluding carboxylic acids is 6. The summed E-state index contributed by atoms with van der Waals surface area (Å²) in [5.74, 6) is -7.29. The van der Waals surface area contributed by atoms with Crippen LogP contribution < -0.4 is 44.4 Å². The Kier molecular flexibility index (Phi) is 12.3. The summed E-state index contributed by atoms with van der Waals surface area (Å²) in [7, 11) is 3.89. The number of esters is 6. The molecule has 2 aromatic heterocycles. The monoisotopic (exact) mass is 852 g/mol. The van der Waals surface area contributed by atoms with Gasteiger partial charge in [-0.05, 0) is 24.3 Å². The van der Waals surface area contributed by atoms with E-state index in [0.717, 1.165) is 46.8 Å². The molecule has 61 heavy (non-hydrogen) atoms. The zero-order valence-corrected chi connectivity index (χ0v) is 33.6. The van der Waals surface area contributed by atoms with E-state index in [1.165, 1.54) is 33.5 Å². The average molecular weight is 853 g/mol. The fourth-order valence-electron chi connectivity index (χ4n) is 6.67. The van der Waals surface area contributed by atoms with E-state index < -0.39 is 108 Å². The smallest absolute Gasteiger partial charge is 0.344 e. The van der Waals surface area contributed by atoms with Gasteiger partial charge in [0, 0.05) is 45.4 Å². The van der Waals surface area contributed by atoms with Gasteiger partial charge in [0.2, 0.25) is 23.5 Å². The lowest BCUT2D eigenvalue weighted by atomic mass is 10.0. The summed E-state index contributed by atoms with van der Waals surface area (Å²) in [4.78, 5) is 101. The molecule has 0 amide bonds. The van der Waals surface area contributed by atoms with Crippen molar-refractivity contribution in [1.82, 2.24) is 0 Å².